The highest BCUT2D eigenvalue weighted by Crippen LogP contribution is 2.43. The number of aryl methyl sites for hydroxylation is 2. The van der Waals surface area contributed by atoms with Gasteiger partial charge in [-0.2, -0.15) is 0 Å². The molecule has 0 heterocycles. The monoisotopic (exact) mass is 394 g/mol. The normalized spacial score (nSPS) is 18.7. The third-order valence-electron chi connectivity index (χ3n) is 6.96. The van der Waals surface area contributed by atoms with Gasteiger partial charge < -0.3 is 14.9 Å². The first-order chi connectivity index (χ1) is 14.0. The molecule has 29 heavy (non-hydrogen) atoms. The SMILES string of the molecule is Cc1cc(O)c(C2CCCCC2)cc1Oc1cc(C2CCCCC2)c(O)cc1C. The van der Waals surface area contributed by atoms with Crippen molar-refractivity contribution in [1.82, 2.24) is 0 Å². The second-order valence-corrected chi connectivity index (χ2v) is 9.12. The van der Waals surface area contributed by atoms with E-state index in [0.29, 0.717) is 23.3 Å². The Morgan fingerprint density at radius 2 is 1.00 bits per heavy atom. The number of aromatic hydroxyl groups is 2. The summed E-state index contributed by atoms with van der Waals surface area (Å²) in [7, 11) is 0. The summed E-state index contributed by atoms with van der Waals surface area (Å²) in [6.45, 7) is 3.97. The number of benzene rings is 2. The minimum absolute atomic E-state index is 0.395. The van der Waals surface area contributed by atoms with E-state index in [1.165, 1.54) is 38.5 Å². The summed E-state index contributed by atoms with van der Waals surface area (Å²) in [6.07, 6.45) is 12.1. The Bertz CT molecular complexity index is 787. The number of ether oxygens (including phenoxy) is 1. The van der Waals surface area contributed by atoms with Crippen LogP contribution in [0.15, 0.2) is 24.3 Å². The second kappa shape index (κ2) is 8.69. The smallest absolute Gasteiger partial charge is 0.130 e. The van der Waals surface area contributed by atoms with E-state index in [0.717, 1.165) is 59.4 Å². The Balaban J connectivity index is 1.64. The fourth-order valence-electron chi connectivity index (χ4n) is 5.20. The summed E-state index contributed by atoms with van der Waals surface area (Å²) >= 11 is 0. The average Bonchev–Trinajstić information content (AvgIpc) is 2.73. The van der Waals surface area contributed by atoms with Gasteiger partial charge in [-0.3, -0.25) is 0 Å². The number of phenolic OH excluding ortho intramolecular Hbond substituents is 2. The highest BCUT2D eigenvalue weighted by Gasteiger charge is 2.23. The zero-order valence-electron chi connectivity index (χ0n) is 17.8. The number of rotatable bonds is 4. The molecule has 2 N–H and O–H groups in total. The van der Waals surface area contributed by atoms with Crippen molar-refractivity contribution in [3.05, 3.63) is 46.5 Å². The molecule has 2 fully saturated rings. The van der Waals surface area contributed by atoms with Crippen LogP contribution in [0, 0.1) is 13.8 Å². The quantitative estimate of drug-likeness (QED) is 0.561. The Morgan fingerprint density at radius 3 is 1.38 bits per heavy atom. The predicted molar refractivity (Wildman–Crippen MR) is 117 cm³/mol. The summed E-state index contributed by atoms with van der Waals surface area (Å²) < 4.78 is 6.39. The molecule has 0 unspecified atom stereocenters. The van der Waals surface area contributed by atoms with Crippen molar-refractivity contribution in [2.24, 2.45) is 0 Å². The van der Waals surface area contributed by atoms with Crippen molar-refractivity contribution in [3.63, 3.8) is 0 Å². The molecule has 2 aromatic rings. The third kappa shape index (κ3) is 4.39. The Morgan fingerprint density at radius 1 is 0.621 bits per heavy atom. The number of hydrogen-bond donors (Lipinski definition) is 2. The zero-order valence-corrected chi connectivity index (χ0v) is 17.8. The van der Waals surface area contributed by atoms with Crippen molar-refractivity contribution in [1.29, 1.82) is 0 Å². The lowest BCUT2D eigenvalue weighted by molar-refractivity contribution is 0.404. The van der Waals surface area contributed by atoms with Gasteiger partial charge in [-0.1, -0.05) is 38.5 Å². The van der Waals surface area contributed by atoms with E-state index in [1.54, 1.807) is 0 Å². The standard InChI is InChI=1S/C26H34O3/c1-17-13-23(27)21(19-9-5-3-6-10-19)15-25(17)29-26-16-22(24(28)14-18(26)2)20-11-7-4-8-12-20/h13-16,19-20,27-28H,3-12H2,1-2H3. The van der Waals surface area contributed by atoms with Crippen LogP contribution in [0.25, 0.3) is 0 Å². The van der Waals surface area contributed by atoms with Gasteiger partial charge in [0, 0.05) is 11.1 Å². The van der Waals surface area contributed by atoms with Crippen LogP contribution in [-0.2, 0) is 0 Å². The van der Waals surface area contributed by atoms with Gasteiger partial charge in [0.1, 0.15) is 23.0 Å². The van der Waals surface area contributed by atoms with E-state index in [4.69, 9.17) is 4.74 Å². The molecular weight excluding hydrogens is 360 g/mol. The molecule has 0 aromatic heterocycles. The second-order valence-electron chi connectivity index (χ2n) is 9.12. The van der Waals surface area contributed by atoms with E-state index in [9.17, 15) is 10.2 Å². The van der Waals surface area contributed by atoms with E-state index in [-0.39, 0.29) is 0 Å². The average molecular weight is 395 g/mol. The molecule has 0 atom stereocenters. The van der Waals surface area contributed by atoms with Crippen molar-refractivity contribution < 1.29 is 14.9 Å². The van der Waals surface area contributed by atoms with Gasteiger partial charge in [-0.05, 0) is 86.8 Å². The van der Waals surface area contributed by atoms with Crippen LogP contribution in [0.4, 0.5) is 0 Å². The molecule has 0 radical (unpaired) electrons. The maximum atomic E-state index is 10.6. The Labute approximate surface area is 174 Å². The van der Waals surface area contributed by atoms with Gasteiger partial charge in [0.05, 0.1) is 0 Å². The molecule has 3 heteroatoms. The number of phenols is 2. The maximum absolute atomic E-state index is 10.6. The molecule has 4 rings (SSSR count). The first-order valence-corrected chi connectivity index (χ1v) is 11.4. The molecule has 0 aliphatic heterocycles. The number of hydrogen-bond acceptors (Lipinski definition) is 3. The van der Waals surface area contributed by atoms with Gasteiger partial charge in [0.2, 0.25) is 0 Å². The van der Waals surface area contributed by atoms with E-state index in [1.807, 2.05) is 38.1 Å². The minimum Gasteiger partial charge on any atom is -0.508 e. The van der Waals surface area contributed by atoms with E-state index < -0.39 is 0 Å². The minimum atomic E-state index is 0.395. The Hall–Kier alpha value is -2.16. The lowest BCUT2D eigenvalue weighted by Crippen LogP contribution is -2.06. The molecule has 0 amide bonds. The van der Waals surface area contributed by atoms with Gasteiger partial charge in [0.15, 0.2) is 0 Å². The van der Waals surface area contributed by atoms with Crippen molar-refractivity contribution >= 4 is 0 Å². The van der Waals surface area contributed by atoms with Gasteiger partial charge in [0.25, 0.3) is 0 Å². The van der Waals surface area contributed by atoms with Crippen molar-refractivity contribution in [2.45, 2.75) is 89.9 Å². The first kappa shape index (κ1) is 20.1. The molecule has 3 nitrogen and oxygen atoms in total. The first-order valence-electron chi connectivity index (χ1n) is 11.4. The maximum Gasteiger partial charge on any atom is 0.130 e. The summed E-state index contributed by atoms with van der Waals surface area (Å²) in [5.74, 6) is 3.26. The molecule has 2 aliphatic carbocycles. The largest absolute Gasteiger partial charge is 0.508 e. The zero-order chi connectivity index (χ0) is 20.4. The molecule has 0 saturated heterocycles. The summed E-state index contributed by atoms with van der Waals surface area (Å²) in [5, 5.41) is 21.1. The molecule has 156 valence electrons. The molecule has 0 spiro atoms. The van der Waals surface area contributed by atoms with Gasteiger partial charge >= 0.3 is 0 Å². The van der Waals surface area contributed by atoms with Crippen LogP contribution in [0.3, 0.4) is 0 Å². The fourth-order valence-corrected chi connectivity index (χ4v) is 5.20. The molecule has 0 bridgehead atoms. The Kier molecular flexibility index (Phi) is 6.03. The third-order valence-corrected chi connectivity index (χ3v) is 6.96. The molecule has 2 aromatic carbocycles. The predicted octanol–water partition coefficient (Wildman–Crippen LogP) is 7.60. The molecular formula is C26H34O3. The van der Waals surface area contributed by atoms with Gasteiger partial charge in [-0.15, -0.1) is 0 Å². The molecule has 2 saturated carbocycles. The van der Waals surface area contributed by atoms with Crippen molar-refractivity contribution in [3.8, 4) is 23.0 Å². The van der Waals surface area contributed by atoms with Crippen LogP contribution in [0.5, 0.6) is 23.0 Å². The highest BCUT2D eigenvalue weighted by molar-refractivity contribution is 5.52. The van der Waals surface area contributed by atoms with E-state index >= 15 is 0 Å². The van der Waals surface area contributed by atoms with Crippen LogP contribution in [0.2, 0.25) is 0 Å². The molecule has 2 aliphatic rings. The van der Waals surface area contributed by atoms with Crippen LogP contribution in [0.1, 0.15) is 98.3 Å². The topological polar surface area (TPSA) is 49.7 Å². The summed E-state index contributed by atoms with van der Waals surface area (Å²) in [5.41, 5.74) is 3.92. The van der Waals surface area contributed by atoms with E-state index in [2.05, 4.69) is 0 Å². The summed E-state index contributed by atoms with van der Waals surface area (Å²) in [4.78, 5) is 0. The summed E-state index contributed by atoms with van der Waals surface area (Å²) in [6, 6.07) is 7.79. The lowest BCUT2D eigenvalue weighted by atomic mass is 9.83. The van der Waals surface area contributed by atoms with Crippen molar-refractivity contribution in [2.75, 3.05) is 0 Å². The van der Waals surface area contributed by atoms with Crippen LogP contribution < -0.4 is 4.74 Å². The van der Waals surface area contributed by atoms with Crippen LogP contribution in [-0.4, -0.2) is 10.2 Å². The van der Waals surface area contributed by atoms with Gasteiger partial charge in [-0.25, -0.2) is 0 Å². The lowest BCUT2D eigenvalue weighted by Gasteiger charge is -2.25. The highest BCUT2D eigenvalue weighted by atomic mass is 16.5. The fraction of sp³-hybridized carbons (Fsp3) is 0.538. The van der Waals surface area contributed by atoms with Crippen LogP contribution >= 0.6 is 0 Å².